The van der Waals surface area contributed by atoms with Crippen molar-refractivity contribution in [1.82, 2.24) is 19.4 Å². The van der Waals surface area contributed by atoms with E-state index in [4.69, 9.17) is 2.74 Å². The number of anilines is 1. The molecule has 1 aromatic heterocycles. The molecule has 0 spiro atoms. The first kappa shape index (κ1) is 17.0. The maximum absolute atomic E-state index is 13.6. The van der Waals surface area contributed by atoms with E-state index in [1.807, 2.05) is 13.8 Å². The number of aryl methyl sites for hydroxylation is 1. The Morgan fingerprint density at radius 1 is 1.37 bits per heavy atom. The highest BCUT2D eigenvalue weighted by Crippen LogP contribution is 2.38. The van der Waals surface area contributed by atoms with E-state index < -0.39 is 28.0 Å². The molecule has 3 heterocycles. The summed E-state index contributed by atoms with van der Waals surface area (Å²) in [6.45, 7) is 1.92. The van der Waals surface area contributed by atoms with Crippen LogP contribution in [0.5, 0.6) is 0 Å². The molecule has 0 saturated heterocycles. The molecule has 3 aliphatic rings. The predicted octanol–water partition coefficient (Wildman–Crippen LogP) is 1.47. The summed E-state index contributed by atoms with van der Waals surface area (Å²) >= 11 is 0. The minimum atomic E-state index is -3.83. The number of nitrogens with zero attached hydrogens (tertiary/aromatic N) is 5. The van der Waals surface area contributed by atoms with Gasteiger partial charge in [-0.15, -0.1) is 0 Å². The highest BCUT2D eigenvalue weighted by molar-refractivity contribution is 7.89. The summed E-state index contributed by atoms with van der Waals surface area (Å²) in [5, 5.41) is 4.03. The molecule has 1 aliphatic carbocycles. The van der Waals surface area contributed by atoms with E-state index in [-0.39, 0.29) is 28.0 Å². The van der Waals surface area contributed by atoms with Crippen LogP contribution >= 0.6 is 0 Å². The topological polar surface area (TPSA) is 99.9 Å². The molecule has 1 aromatic carbocycles. The van der Waals surface area contributed by atoms with Crippen molar-refractivity contribution < 1.29 is 16.0 Å². The molecule has 2 aromatic rings. The van der Waals surface area contributed by atoms with Gasteiger partial charge >= 0.3 is 0 Å². The van der Waals surface area contributed by atoms with E-state index in [2.05, 4.69) is 14.8 Å². The van der Waals surface area contributed by atoms with Crippen molar-refractivity contribution in [3.05, 3.63) is 41.7 Å². The third kappa shape index (κ3) is 3.10. The monoisotopic (exact) mass is 430 g/mol. The van der Waals surface area contributed by atoms with Crippen LogP contribution in [0.4, 0.5) is 5.69 Å². The van der Waals surface area contributed by atoms with Gasteiger partial charge in [0.1, 0.15) is 0 Å². The predicted molar refractivity (Wildman–Crippen MR) is 112 cm³/mol. The highest BCUT2D eigenvalue weighted by Gasteiger charge is 2.43. The number of hydrogen-bond donors (Lipinski definition) is 1. The molecule has 0 bridgehead atoms. The zero-order valence-corrected chi connectivity index (χ0v) is 17.8. The number of guanidine groups is 1. The number of amides is 1. The van der Waals surface area contributed by atoms with Gasteiger partial charge in [-0.25, -0.2) is 13.1 Å². The number of fused-ring (bicyclic) bond motifs is 3. The number of carbonyl (C=O) groups excluding carboxylic acids is 1. The van der Waals surface area contributed by atoms with Gasteiger partial charge in [0, 0.05) is 24.3 Å². The van der Waals surface area contributed by atoms with Crippen molar-refractivity contribution in [2.24, 2.45) is 12.0 Å². The molecule has 1 saturated carbocycles. The summed E-state index contributed by atoms with van der Waals surface area (Å²) in [6, 6.07) is 4.30. The maximum Gasteiger partial charge on any atom is 0.263 e. The Labute approximate surface area is 178 Å². The lowest BCUT2D eigenvalue weighted by molar-refractivity contribution is 0.0833. The van der Waals surface area contributed by atoms with Gasteiger partial charge in [0.2, 0.25) is 16.0 Å². The van der Waals surface area contributed by atoms with Crippen molar-refractivity contribution in [3.8, 4) is 0 Å². The Balaban J connectivity index is 1.62. The van der Waals surface area contributed by atoms with Crippen LogP contribution in [0.2, 0.25) is 0 Å². The van der Waals surface area contributed by atoms with Crippen LogP contribution in [-0.2, 0) is 23.6 Å². The molecule has 1 fully saturated rings. The third-order valence-electron chi connectivity index (χ3n) is 5.65. The smallest absolute Gasteiger partial charge is 0.263 e. The molecule has 0 radical (unpaired) electrons. The summed E-state index contributed by atoms with van der Waals surface area (Å²) in [7, 11) is -2.16. The molecule has 30 heavy (non-hydrogen) atoms. The minimum Gasteiger partial charge on any atom is -0.307 e. The van der Waals surface area contributed by atoms with Crippen LogP contribution < -0.4 is 9.62 Å². The molecule has 0 unspecified atom stereocenters. The van der Waals surface area contributed by atoms with E-state index in [1.165, 1.54) is 29.2 Å². The van der Waals surface area contributed by atoms with Crippen molar-refractivity contribution in [2.75, 3.05) is 11.4 Å². The van der Waals surface area contributed by atoms with E-state index in [9.17, 15) is 13.2 Å². The number of aliphatic imine (C=N–C) groups is 1. The van der Waals surface area contributed by atoms with Crippen molar-refractivity contribution >= 4 is 27.6 Å². The van der Waals surface area contributed by atoms with Gasteiger partial charge in [-0.1, -0.05) is 0 Å². The standard InChI is InChI=1S/C20H24N6O3S/c1-13-9-21-19-25(12-14-10-22-24(3)11-14)18(27)16-8-15(4-5-17(16)26(13)19)30(28,29)23-20(2)6-7-20/h4-5,8,10-11,13,23H,6-7,9,12H2,1-3H3/t13-/m1/s1/i12D2. The quantitative estimate of drug-likeness (QED) is 0.774. The fraction of sp³-hybridized carbons (Fsp3) is 0.450. The van der Waals surface area contributed by atoms with Crippen molar-refractivity contribution in [3.63, 3.8) is 0 Å². The first-order valence-electron chi connectivity index (χ1n) is 10.8. The second-order valence-corrected chi connectivity index (χ2v) is 10.0. The minimum absolute atomic E-state index is 0.0214. The Bertz CT molecular complexity index is 1270. The molecule has 1 amide bonds. The SMILES string of the molecule is [2H]C([2H])(c1cnn(C)c1)N1C(=O)c2cc(S(=O)(=O)NC3(C)CC3)ccc2N2C1=NC[C@H]2C. The lowest BCUT2D eigenvalue weighted by atomic mass is 10.1. The summed E-state index contributed by atoms with van der Waals surface area (Å²) in [5.41, 5.74) is 0.389. The molecule has 5 rings (SSSR count). The number of hydrogen-bond acceptors (Lipinski definition) is 6. The number of aromatic nitrogens is 2. The lowest BCUT2D eigenvalue weighted by Crippen LogP contribution is -2.52. The number of nitrogens with one attached hydrogen (secondary N) is 1. The summed E-state index contributed by atoms with van der Waals surface area (Å²) < 4.78 is 47.5. The van der Waals surface area contributed by atoms with Crippen LogP contribution in [0.1, 0.15) is 45.4 Å². The Kier molecular flexibility index (Phi) is 3.62. The molecule has 2 aliphatic heterocycles. The maximum atomic E-state index is 13.6. The second-order valence-electron chi connectivity index (χ2n) is 8.36. The summed E-state index contributed by atoms with van der Waals surface area (Å²) in [6.07, 6.45) is 4.40. The number of sulfonamides is 1. The van der Waals surface area contributed by atoms with Crippen molar-refractivity contribution in [2.45, 2.75) is 49.7 Å². The highest BCUT2D eigenvalue weighted by atomic mass is 32.2. The largest absolute Gasteiger partial charge is 0.307 e. The van der Waals surface area contributed by atoms with Crippen LogP contribution in [0.15, 0.2) is 40.5 Å². The van der Waals surface area contributed by atoms with E-state index in [0.29, 0.717) is 12.2 Å². The molecule has 1 atom stereocenters. The van der Waals surface area contributed by atoms with Crippen LogP contribution in [0, 0.1) is 0 Å². The van der Waals surface area contributed by atoms with Crippen LogP contribution in [0.3, 0.4) is 0 Å². The van der Waals surface area contributed by atoms with Gasteiger partial charge in [-0.3, -0.25) is 19.4 Å². The van der Waals surface area contributed by atoms with E-state index in [1.54, 1.807) is 18.0 Å². The van der Waals surface area contributed by atoms with Gasteiger partial charge < -0.3 is 4.90 Å². The average Bonchev–Trinajstić information content (AvgIpc) is 3.09. The van der Waals surface area contributed by atoms with Crippen molar-refractivity contribution in [1.29, 1.82) is 0 Å². The molecular weight excluding hydrogens is 404 g/mol. The molecule has 158 valence electrons. The fourth-order valence-electron chi connectivity index (χ4n) is 3.75. The van der Waals surface area contributed by atoms with Gasteiger partial charge in [0.15, 0.2) is 0 Å². The zero-order valence-electron chi connectivity index (χ0n) is 19.0. The third-order valence-corrected chi connectivity index (χ3v) is 7.29. The van der Waals surface area contributed by atoms with E-state index >= 15 is 0 Å². The number of benzene rings is 1. The Morgan fingerprint density at radius 2 is 2.13 bits per heavy atom. The average molecular weight is 431 g/mol. The number of rotatable bonds is 5. The molecule has 10 heteroatoms. The first-order valence-corrected chi connectivity index (χ1v) is 11.3. The first-order chi connectivity index (χ1) is 14.9. The molecule has 1 N–H and O–H groups in total. The molecule has 9 nitrogen and oxygen atoms in total. The van der Waals surface area contributed by atoms with Gasteiger partial charge in [0.05, 0.1) is 44.2 Å². The van der Waals surface area contributed by atoms with Crippen LogP contribution in [0.25, 0.3) is 0 Å². The normalized spacial score (nSPS) is 23.5. The van der Waals surface area contributed by atoms with Gasteiger partial charge in [-0.2, -0.15) is 5.10 Å². The summed E-state index contributed by atoms with van der Waals surface area (Å²) in [4.78, 5) is 20.8. The lowest BCUT2D eigenvalue weighted by Gasteiger charge is -2.38. The zero-order chi connectivity index (χ0) is 23.1. The second kappa shape index (κ2) is 6.39. The Morgan fingerprint density at radius 3 is 2.80 bits per heavy atom. The van der Waals surface area contributed by atoms with Crippen LogP contribution in [-0.4, -0.2) is 53.1 Å². The fourth-order valence-corrected chi connectivity index (χ4v) is 5.24. The van der Waals surface area contributed by atoms with E-state index in [0.717, 1.165) is 17.7 Å². The summed E-state index contributed by atoms with van der Waals surface area (Å²) in [5.74, 6) is -0.435. The number of carbonyl (C=O) groups is 1. The van der Waals surface area contributed by atoms with Gasteiger partial charge in [0.25, 0.3) is 5.91 Å². The molecular formula is C20H24N6O3S. The Hall–Kier alpha value is -2.72. The van der Waals surface area contributed by atoms with Gasteiger partial charge in [-0.05, 0) is 44.9 Å².